The second-order valence-electron chi connectivity index (χ2n) is 4.11. The van der Waals surface area contributed by atoms with Gasteiger partial charge in [-0.05, 0) is 32.4 Å². The van der Waals surface area contributed by atoms with E-state index in [2.05, 4.69) is 10.3 Å². The summed E-state index contributed by atoms with van der Waals surface area (Å²) in [5.74, 6) is -1.38. The Bertz CT molecular complexity index is 474. The van der Waals surface area contributed by atoms with E-state index in [1.165, 1.54) is 12.1 Å². The van der Waals surface area contributed by atoms with E-state index >= 15 is 0 Å². The Hall–Kier alpha value is -2.11. The van der Waals surface area contributed by atoms with Gasteiger partial charge in [0.05, 0.1) is 12.2 Å². The highest BCUT2D eigenvalue weighted by molar-refractivity contribution is 5.94. The molecule has 0 fully saturated rings. The van der Waals surface area contributed by atoms with Gasteiger partial charge in [-0.1, -0.05) is 6.92 Å². The number of aromatic carboxylic acids is 1. The number of aromatic nitrogens is 1. The zero-order chi connectivity index (χ0) is 14.4. The SMILES string of the molecule is CCOC(=O)c1cc(C(=O)O)cc(N[C@@H](C)CC)n1. The molecule has 6 heteroatoms. The van der Waals surface area contributed by atoms with Crippen LogP contribution in [0.1, 0.15) is 48.0 Å². The number of nitrogens with zero attached hydrogens (tertiary/aromatic N) is 1. The van der Waals surface area contributed by atoms with E-state index in [1.807, 2.05) is 13.8 Å². The molecule has 19 heavy (non-hydrogen) atoms. The Morgan fingerprint density at radius 3 is 2.63 bits per heavy atom. The van der Waals surface area contributed by atoms with Crippen molar-refractivity contribution in [2.24, 2.45) is 0 Å². The van der Waals surface area contributed by atoms with E-state index < -0.39 is 11.9 Å². The van der Waals surface area contributed by atoms with Crippen LogP contribution in [-0.2, 0) is 4.74 Å². The van der Waals surface area contributed by atoms with E-state index in [1.54, 1.807) is 6.92 Å². The third kappa shape index (κ3) is 4.24. The molecule has 1 rings (SSSR count). The van der Waals surface area contributed by atoms with Gasteiger partial charge in [0.1, 0.15) is 5.82 Å². The summed E-state index contributed by atoms with van der Waals surface area (Å²) < 4.78 is 4.83. The number of anilines is 1. The molecule has 6 nitrogen and oxygen atoms in total. The van der Waals surface area contributed by atoms with Gasteiger partial charge in [-0.3, -0.25) is 0 Å². The number of esters is 1. The van der Waals surface area contributed by atoms with Crippen LogP contribution in [0, 0.1) is 0 Å². The highest BCUT2D eigenvalue weighted by atomic mass is 16.5. The summed E-state index contributed by atoms with van der Waals surface area (Å²) in [6.07, 6.45) is 0.855. The highest BCUT2D eigenvalue weighted by Gasteiger charge is 2.15. The van der Waals surface area contributed by atoms with Gasteiger partial charge in [0.15, 0.2) is 5.69 Å². The van der Waals surface area contributed by atoms with Crippen LogP contribution < -0.4 is 5.32 Å². The van der Waals surface area contributed by atoms with Crippen LogP contribution in [0.25, 0.3) is 0 Å². The van der Waals surface area contributed by atoms with Gasteiger partial charge in [-0.15, -0.1) is 0 Å². The number of carbonyl (C=O) groups excluding carboxylic acids is 1. The van der Waals surface area contributed by atoms with Crippen LogP contribution in [0.4, 0.5) is 5.82 Å². The normalized spacial score (nSPS) is 11.7. The number of rotatable bonds is 6. The first-order valence-corrected chi connectivity index (χ1v) is 6.17. The Labute approximate surface area is 111 Å². The van der Waals surface area contributed by atoms with Gasteiger partial charge >= 0.3 is 11.9 Å². The fraction of sp³-hybridized carbons (Fsp3) is 0.462. The average Bonchev–Trinajstić information content (AvgIpc) is 2.38. The molecule has 0 amide bonds. The maximum atomic E-state index is 11.6. The maximum absolute atomic E-state index is 11.6. The molecular weight excluding hydrogens is 248 g/mol. The zero-order valence-corrected chi connectivity index (χ0v) is 11.3. The Morgan fingerprint density at radius 2 is 2.11 bits per heavy atom. The van der Waals surface area contributed by atoms with Gasteiger partial charge in [-0.25, -0.2) is 14.6 Å². The summed E-state index contributed by atoms with van der Waals surface area (Å²) in [6.45, 7) is 5.83. The topological polar surface area (TPSA) is 88.5 Å². The van der Waals surface area contributed by atoms with Crippen molar-refractivity contribution in [1.82, 2.24) is 4.98 Å². The molecule has 0 bridgehead atoms. The van der Waals surface area contributed by atoms with Gasteiger partial charge in [0.25, 0.3) is 0 Å². The van der Waals surface area contributed by atoms with Crippen molar-refractivity contribution < 1.29 is 19.4 Å². The largest absolute Gasteiger partial charge is 0.478 e. The van der Waals surface area contributed by atoms with Gasteiger partial charge in [-0.2, -0.15) is 0 Å². The number of ether oxygens (including phenoxy) is 1. The van der Waals surface area contributed by atoms with Crippen molar-refractivity contribution in [3.8, 4) is 0 Å². The second-order valence-corrected chi connectivity index (χ2v) is 4.11. The molecule has 0 aliphatic heterocycles. The highest BCUT2D eigenvalue weighted by Crippen LogP contribution is 2.13. The first kappa shape index (κ1) is 14.9. The average molecular weight is 266 g/mol. The van der Waals surface area contributed by atoms with E-state index in [-0.39, 0.29) is 23.9 Å². The third-order valence-electron chi connectivity index (χ3n) is 2.56. The number of pyridine rings is 1. The molecule has 0 aromatic carbocycles. The molecule has 1 aromatic rings. The molecule has 1 atom stereocenters. The number of carbonyl (C=O) groups is 2. The third-order valence-corrected chi connectivity index (χ3v) is 2.56. The molecule has 0 aliphatic carbocycles. The summed E-state index contributed by atoms with van der Waals surface area (Å²) in [5, 5.41) is 12.1. The number of hydrogen-bond acceptors (Lipinski definition) is 5. The Balaban J connectivity index is 3.10. The van der Waals surface area contributed by atoms with Gasteiger partial charge in [0.2, 0.25) is 0 Å². The minimum absolute atomic E-state index is 0.00357. The molecular formula is C13H18N2O4. The van der Waals surface area contributed by atoms with Crippen molar-refractivity contribution in [1.29, 1.82) is 0 Å². The maximum Gasteiger partial charge on any atom is 0.357 e. The molecule has 0 aliphatic rings. The lowest BCUT2D eigenvalue weighted by Crippen LogP contribution is -2.17. The molecule has 0 spiro atoms. The summed E-state index contributed by atoms with van der Waals surface area (Å²) in [5.41, 5.74) is -0.00332. The Morgan fingerprint density at radius 1 is 1.42 bits per heavy atom. The number of carboxylic acid groups (broad SMARTS) is 1. The molecule has 1 aromatic heterocycles. The molecule has 1 heterocycles. The van der Waals surface area contributed by atoms with Crippen LogP contribution in [0.15, 0.2) is 12.1 Å². The van der Waals surface area contributed by atoms with Crippen LogP contribution in [0.5, 0.6) is 0 Å². The van der Waals surface area contributed by atoms with Gasteiger partial charge < -0.3 is 15.2 Å². The fourth-order valence-electron chi connectivity index (χ4n) is 1.39. The summed E-state index contributed by atoms with van der Waals surface area (Å²) >= 11 is 0. The Kier molecular flexibility index (Phi) is 5.29. The van der Waals surface area contributed by atoms with Crippen molar-refractivity contribution in [3.05, 3.63) is 23.4 Å². The second kappa shape index (κ2) is 6.72. The van der Waals surface area contributed by atoms with Gasteiger partial charge in [0, 0.05) is 6.04 Å². The summed E-state index contributed by atoms with van der Waals surface area (Å²) in [6, 6.07) is 2.74. The lowest BCUT2D eigenvalue weighted by molar-refractivity contribution is 0.0519. The van der Waals surface area contributed by atoms with E-state index in [9.17, 15) is 9.59 Å². The quantitative estimate of drug-likeness (QED) is 0.767. The molecule has 104 valence electrons. The van der Waals surface area contributed by atoms with E-state index in [0.717, 1.165) is 6.42 Å². The molecule has 0 saturated carbocycles. The van der Waals surface area contributed by atoms with Crippen molar-refractivity contribution >= 4 is 17.8 Å². The minimum atomic E-state index is -1.11. The van der Waals surface area contributed by atoms with Crippen molar-refractivity contribution in [3.63, 3.8) is 0 Å². The molecule has 2 N–H and O–H groups in total. The zero-order valence-electron chi connectivity index (χ0n) is 11.3. The molecule has 0 unspecified atom stereocenters. The minimum Gasteiger partial charge on any atom is -0.478 e. The molecule has 0 radical (unpaired) electrons. The van der Waals surface area contributed by atoms with E-state index in [0.29, 0.717) is 5.82 Å². The predicted molar refractivity (Wildman–Crippen MR) is 70.5 cm³/mol. The predicted octanol–water partition coefficient (Wildman–Crippen LogP) is 2.17. The first-order valence-electron chi connectivity index (χ1n) is 6.17. The first-order chi connectivity index (χ1) is 8.97. The van der Waals surface area contributed by atoms with E-state index in [4.69, 9.17) is 9.84 Å². The lowest BCUT2D eigenvalue weighted by Gasteiger charge is -2.13. The standard InChI is InChI=1S/C13H18N2O4/c1-4-8(3)14-11-7-9(12(16)17)6-10(15-11)13(18)19-5-2/h6-8H,4-5H2,1-3H3,(H,14,15)(H,16,17)/t8-/m0/s1. The lowest BCUT2D eigenvalue weighted by atomic mass is 10.2. The van der Waals surface area contributed by atoms with Crippen molar-refractivity contribution in [2.45, 2.75) is 33.2 Å². The number of hydrogen-bond donors (Lipinski definition) is 2. The summed E-state index contributed by atoms with van der Waals surface area (Å²) in [7, 11) is 0. The van der Waals surface area contributed by atoms with Crippen LogP contribution >= 0.6 is 0 Å². The van der Waals surface area contributed by atoms with Crippen LogP contribution in [0.3, 0.4) is 0 Å². The number of carboxylic acids is 1. The van der Waals surface area contributed by atoms with Crippen LogP contribution in [-0.4, -0.2) is 34.7 Å². The monoisotopic (exact) mass is 266 g/mol. The van der Waals surface area contributed by atoms with Crippen LogP contribution in [0.2, 0.25) is 0 Å². The smallest absolute Gasteiger partial charge is 0.357 e. The van der Waals surface area contributed by atoms with Crippen molar-refractivity contribution in [2.75, 3.05) is 11.9 Å². The fourth-order valence-corrected chi connectivity index (χ4v) is 1.39. The number of nitrogens with one attached hydrogen (secondary N) is 1. The summed E-state index contributed by atoms with van der Waals surface area (Å²) in [4.78, 5) is 26.7. The molecule has 0 saturated heterocycles.